The molecule has 1 N–H and O–H groups in total. The van der Waals surface area contributed by atoms with Gasteiger partial charge in [-0.15, -0.1) is 0 Å². The lowest BCUT2D eigenvalue weighted by Gasteiger charge is -2.36. The standard InChI is InChI=1S/C15H27NO2/c1-2-13-11-16(9-8-14(13)17)15(18)10-12-6-4-3-5-7-12/h12-14,17H,2-11H2,1H3. The summed E-state index contributed by atoms with van der Waals surface area (Å²) in [6.07, 6.45) is 8.68. The van der Waals surface area contributed by atoms with Gasteiger partial charge in [-0.25, -0.2) is 0 Å². The largest absolute Gasteiger partial charge is 0.393 e. The Kier molecular flexibility index (Phi) is 5.04. The summed E-state index contributed by atoms with van der Waals surface area (Å²) in [5.74, 6) is 1.24. The lowest BCUT2D eigenvalue weighted by molar-refractivity contribution is -0.136. The van der Waals surface area contributed by atoms with Crippen LogP contribution in [0.3, 0.4) is 0 Å². The van der Waals surface area contributed by atoms with E-state index in [1.807, 2.05) is 4.90 Å². The van der Waals surface area contributed by atoms with Crippen LogP contribution in [0, 0.1) is 11.8 Å². The lowest BCUT2D eigenvalue weighted by atomic mass is 9.86. The smallest absolute Gasteiger partial charge is 0.222 e. The second-order valence-corrected chi connectivity index (χ2v) is 6.07. The summed E-state index contributed by atoms with van der Waals surface area (Å²) in [7, 11) is 0. The molecule has 0 bridgehead atoms. The molecule has 1 aliphatic carbocycles. The second-order valence-electron chi connectivity index (χ2n) is 6.07. The fourth-order valence-corrected chi connectivity index (χ4v) is 3.41. The number of hydrogen-bond acceptors (Lipinski definition) is 2. The molecule has 1 amide bonds. The van der Waals surface area contributed by atoms with Gasteiger partial charge in [0.05, 0.1) is 6.10 Å². The highest BCUT2D eigenvalue weighted by Gasteiger charge is 2.30. The molecule has 2 aliphatic rings. The van der Waals surface area contributed by atoms with Gasteiger partial charge in [-0.2, -0.15) is 0 Å². The fourth-order valence-electron chi connectivity index (χ4n) is 3.41. The quantitative estimate of drug-likeness (QED) is 0.840. The van der Waals surface area contributed by atoms with E-state index in [2.05, 4.69) is 6.92 Å². The Hall–Kier alpha value is -0.570. The van der Waals surface area contributed by atoms with Crippen molar-refractivity contribution in [2.24, 2.45) is 11.8 Å². The van der Waals surface area contributed by atoms with Crippen molar-refractivity contribution in [1.29, 1.82) is 0 Å². The van der Waals surface area contributed by atoms with Gasteiger partial charge in [-0.3, -0.25) is 4.79 Å². The Labute approximate surface area is 111 Å². The molecular weight excluding hydrogens is 226 g/mol. The summed E-state index contributed by atoms with van der Waals surface area (Å²) in [6, 6.07) is 0. The molecule has 0 spiro atoms. The number of aliphatic hydroxyl groups is 1. The average molecular weight is 253 g/mol. The van der Waals surface area contributed by atoms with Gasteiger partial charge in [0.1, 0.15) is 0 Å². The molecule has 0 aromatic carbocycles. The maximum Gasteiger partial charge on any atom is 0.222 e. The van der Waals surface area contributed by atoms with Crippen LogP contribution in [0.2, 0.25) is 0 Å². The summed E-state index contributed by atoms with van der Waals surface area (Å²) in [6.45, 7) is 3.62. The molecule has 1 aliphatic heterocycles. The minimum Gasteiger partial charge on any atom is -0.393 e. The Balaban J connectivity index is 1.81. The second kappa shape index (κ2) is 6.55. The number of carbonyl (C=O) groups is 1. The van der Waals surface area contributed by atoms with Gasteiger partial charge in [0.2, 0.25) is 5.91 Å². The number of amides is 1. The number of nitrogens with zero attached hydrogens (tertiary/aromatic N) is 1. The van der Waals surface area contributed by atoms with Crippen LogP contribution in [-0.2, 0) is 4.79 Å². The zero-order chi connectivity index (χ0) is 13.0. The van der Waals surface area contributed by atoms with Crippen LogP contribution in [0.15, 0.2) is 0 Å². The van der Waals surface area contributed by atoms with Crippen molar-refractivity contribution in [2.45, 2.75) is 64.4 Å². The zero-order valence-corrected chi connectivity index (χ0v) is 11.6. The van der Waals surface area contributed by atoms with Crippen LogP contribution in [0.4, 0.5) is 0 Å². The van der Waals surface area contributed by atoms with Gasteiger partial charge in [0, 0.05) is 25.4 Å². The number of hydrogen-bond donors (Lipinski definition) is 1. The number of aliphatic hydroxyl groups excluding tert-OH is 1. The van der Waals surface area contributed by atoms with E-state index >= 15 is 0 Å². The molecule has 18 heavy (non-hydrogen) atoms. The van der Waals surface area contributed by atoms with Crippen molar-refractivity contribution < 1.29 is 9.90 Å². The van der Waals surface area contributed by atoms with Gasteiger partial charge in [0.15, 0.2) is 0 Å². The molecule has 3 heteroatoms. The van der Waals surface area contributed by atoms with Crippen LogP contribution >= 0.6 is 0 Å². The third-order valence-corrected chi connectivity index (χ3v) is 4.76. The molecule has 2 fully saturated rings. The first kappa shape index (κ1) is 13.9. The van der Waals surface area contributed by atoms with Gasteiger partial charge >= 0.3 is 0 Å². The van der Waals surface area contributed by atoms with Crippen molar-refractivity contribution >= 4 is 5.91 Å². The molecule has 2 atom stereocenters. The summed E-state index contributed by atoms with van der Waals surface area (Å²) in [5, 5.41) is 9.85. The Morgan fingerprint density at radius 2 is 1.94 bits per heavy atom. The number of carbonyl (C=O) groups excluding carboxylic acids is 1. The Morgan fingerprint density at radius 1 is 1.22 bits per heavy atom. The van der Waals surface area contributed by atoms with Gasteiger partial charge < -0.3 is 10.0 Å². The predicted molar refractivity (Wildman–Crippen MR) is 72.2 cm³/mol. The van der Waals surface area contributed by atoms with Crippen LogP contribution < -0.4 is 0 Å². The molecule has 2 rings (SSSR count). The van der Waals surface area contributed by atoms with Crippen LogP contribution in [0.25, 0.3) is 0 Å². The molecule has 2 unspecified atom stereocenters. The van der Waals surface area contributed by atoms with Crippen LogP contribution in [0.1, 0.15) is 58.3 Å². The van der Waals surface area contributed by atoms with E-state index in [9.17, 15) is 9.90 Å². The van der Waals surface area contributed by atoms with Gasteiger partial charge in [-0.05, 0) is 31.6 Å². The summed E-state index contributed by atoms with van der Waals surface area (Å²) in [4.78, 5) is 14.3. The van der Waals surface area contributed by atoms with Crippen LogP contribution in [0.5, 0.6) is 0 Å². The van der Waals surface area contributed by atoms with E-state index in [0.29, 0.717) is 11.8 Å². The summed E-state index contributed by atoms with van der Waals surface area (Å²) in [5.41, 5.74) is 0. The molecule has 0 aromatic rings. The zero-order valence-electron chi connectivity index (χ0n) is 11.6. The van der Waals surface area contributed by atoms with Crippen molar-refractivity contribution in [3.63, 3.8) is 0 Å². The first-order valence-electron chi connectivity index (χ1n) is 7.66. The topological polar surface area (TPSA) is 40.5 Å². The molecule has 104 valence electrons. The molecule has 3 nitrogen and oxygen atoms in total. The number of likely N-dealkylation sites (tertiary alicyclic amines) is 1. The molecular formula is C15H27NO2. The van der Waals surface area contributed by atoms with E-state index in [1.54, 1.807) is 0 Å². The SMILES string of the molecule is CCC1CN(C(=O)CC2CCCCC2)CCC1O. The van der Waals surface area contributed by atoms with Crippen LogP contribution in [-0.4, -0.2) is 35.1 Å². The van der Waals surface area contributed by atoms with Gasteiger partial charge in [0.25, 0.3) is 0 Å². The Bertz CT molecular complexity index is 274. The van der Waals surface area contributed by atoms with Crippen molar-refractivity contribution in [1.82, 2.24) is 4.90 Å². The molecule has 1 heterocycles. The normalized spacial score (nSPS) is 30.4. The van der Waals surface area contributed by atoms with Crippen molar-refractivity contribution in [3.8, 4) is 0 Å². The lowest BCUT2D eigenvalue weighted by Crippen LogP contribution is -2.46. The first-order valence-corrected chi connectivity index (χ1v) is 7.66. The maximum atomic E-state index is 12.3. The molecule has 1 saturated heterocycles. The van der Waals surface area contributed by atoms with E-state index in [4.69, 9.17) is 0 Å². The summed E-state index contributed by atoms with van der Waals surface area (Å²) < 4.78 is 0. The highest BCUT2D eigenvalue weighted by atomic mass is 16.3. The maximum absolute atomic E-state index is 12.3. The first-order chi connectivity index (χ1) is 8.70. The third kappa shape index (κ3) is 3.47. The van der Waals surface area contributed by atoms with Crippen molar-refractivity contribution in [3.05, 3.63) is 0 Å². The Morgan fingerprint density at radius 3 is 2.61 bits per heavy atom. The van der Waals surface area contributed by atoms with E-state index in [-0.39, 0.29) is 12.0 Å². The third-order valence-electron chi connectivity index (χ3n) is 4.76. The summed E-state index contributed by atoms with van der Waals surface area (Å²) >= 11 is 0. The fraction of sp³-hybridized carbons (Fsp3) is 0.933. The van der Waals surface area contributed by atoms with Crippen molar-refractivity contribution in [2.75, 3.05) is 13.1 Å². The minimum absolute atomic E-state index is 0.200. The van der Waals surface area contributed by atoms with E-state index in [1.165, 1.54) is 32.1 Å². The molecule has 0 radical (unpaired) electrons. The molecule has 1 saturated carbocycles. The predicted octanol–water partition coefficient (Wildman–Crippen LogP) is 2.58. The van der Waals surface area contributed by atoms with E-state index in [0.717, 1.165) is 32.4 Å². The minimum atomic E-state index is -0.200. The average Bonchev–Trinajstić information content (AvgIpc) is 2.40. The highest BCUT2D eigenvalue weighted by molar-refractivity contribution is 5.76. The van der Waals surface area contributed by atoms with E-state index < -0.39 is 0 Å². The molecule has 0 aromatic heterocycles. The number of rotatable bonds is 3. The number of piperidine rings is 1. The highest BCUT2D eigenvalue weighted by Crippen LogP contribution is 2.28. The van der Waals surface area contributed by atoms with Gasteiger partial charge in [-0.1, -0.05) is 26.2 Å². The monoisotopic (exact) mass is 253 g/mol.